The van der Waals surface area contributed by atoms with Crippen LogP contribution in [0, 0.1) is 5.21 Å². The molecule has 1 heterocycles. The van der Waals surface area contributed by atoms with Gasteiger partial charge in [-0.1, -0.05) is 0 Å². The van der Waals surface area contributed by atoms with Crippen molar-refractivity contribution in [2.45, 2.75) is 0 Å². The van der Waals surface area contributed by atoms with Gasteiger partial charge in [-0.15, -0.1) is 0 Å². The molecule has 1 fully saturated rings. The molecule has 0 aliphatic carbocycles. The molecule has 0 amide bonds. The normalized spacial score (nSPS) is 29.8. The fourth-order valence-electron chi connectivity index (χ4n) is 0.846. The highest BCUT2D eigenvalue weighted by molar-refractivity contribution is 7.93. The average molecular weight is 193 g/mol. The van der Waals surface area contributed by atoms with Crippen molar-refractivity contribution in [3.63, 3.8) is 0 Å². The molecular weight excluding hydrogens is 182 g/mol. The van der Waals surface area contributed by atoms with Crippen LogP contribution in [0.25, 0.3) is 0 Å². The van der Waals surface area contributed by atoms with Crippen molar-refractivity contribution >= 4 is 17.9 Å². The maximum atomic E-state index is 11.6. The van der Waals surface area contributed by atoms with Gasteiger partial charge >= 0.3 is 5.97 Å². The third-order valence-electron chi connectivity index (χ3n) is 1.55. The molecule has 0 spiro atoms. The molecule has 0 aromatic rings. The highest BCUT2D eigenvalue weighted by atomic mass is 32.2. The van der Waals surface area contributed by atoms with E-state index in [1.165, 1.54) is 7.11 Å². The SMILES string of the molecule is COC(=O)C[N+]1([O-])CCOCS1. The molecule has 5 nitrogen and oxygen atoms in total. The number of carbonyl (C=O) groups is 1. The summed E-state index contributed by atoms with van der Waals surface area (Å²) in [6.45, 7) is 0.581. The number of quaternary nitrogens is 1. The van der Waals surface area contributed by atoms with Gasteiger partial charge < -0.3 is 14.7 Å². The van der Waals surface area contributed by atoms with Gasteiger partial charge in [-0.05, 0) is 0 Å². The molecule has 12 heavy (non-hydrogen) atoms. The first-order valence-electron chi connectivity index (χ1n) is 3.53. The highest BCUT2D eigenvalue weighted by Gasteiger charge is 2.26. The van der Waals surface area contributed by atoms with Crippen molar-refractivity contribution < 1.29 is 18.3 Å². The van der Waals surface area contributed by atoms with E-state index in [2.05, 4.69) is 4.74 Å². The van der Waals surface area contributed by atoms with Crippen LogP contribution in [0.5, 0.6) is 0 Å². The third-order valence-corrected chi connectivity index (χ3v) is 2.60. The van der Waals surface area contributed by atoms with Crippen molar-refractivity contribution in [2.75, 3.05) is 32.7 Å². The van der Waals surface area contributed by atoms with Crippen LogP contribution in [0.1, 0.15) is 0 Å². The predicted molar refractivity (Wildman–Crippen MR) is 43.8 cm³/mol. The third kappa shape index (κ3) is 2.63. The molecule has 1 saturated heterocycles. The average Bonchev–Trinajstić information content (AvgIpc) is 2.05. The first kappa shape index (κ1) is 9.79. The Morgan fingerprint density at radius 2 is 2.58 bits per heavy atom. The molecule has 0 bridgehead atoms. The summed E-state index contributed by atoms with van der Waals surface area (Å²) in [4.78, 5) is 10.8. The second-order valence-corrected chi connectivity index (χ2v) is 3.59. The fourth-order valence-corrected chi connectivity index (χ4v) is 1.63. The number of hydrogen-bond donors (Lipinski definition) is 0. The monoisotopic (exact) mass is 193 g/mol. The lowest BCUT2D eigenvalue weighted by atomic mass is 10.6. The number of hydrogen-bond acceptors (Lipinski definition) is 5. The summed E-state index contributed by atoms with van der Waals surface area (Å²) in [5, 5.41) is 11.6. The van der Waals surface area contributed by atoms with E-state index in [1.54, 1.807) is 0 Å². The quantitative estimate of drug-likeness (QED) is 0.269. The highest BCUT2D eigenvalue weighted by Crippen LogP contribution is 2.24. The zero-order valence-electron chi connectivity index (χ0n) is 6.82. The molecule has 0 N–H and O–H groups in total. The number of methoxy groups -OCH3 is 1. The van der Waals surface area contributed by atoms with Gasteiger partial charge in [0.1, 0.15) is 24.4 Å². The van der Waals surface area contributed by atoms with E-state index in [0.717, 1.165) is 11.9 Å². The maximum absolute atomic E-state index is 11.6. The topological polar surface area (TPSA) is 58.6 Å². The Labute approximate surface area is 74.9 Å². The van der Waals surface area contributed by atoms with Gasteiger partial charge in [0.15, 0.2) is 6.54 Å². The first-order chi connectivity index (χ1) is 5.66. The van der Waals surface area contributed by atoms with Gasteiger partial charge in [-0.25, -0.2) is 4.79 Å². The van der Waals surface area contributed by atoms with E-state index in [9.17, 15) is 10.0 Å². The summed E-state index contributed by atoms with van der Waals surface area (Å²) >= 11 is 1.07. The van der Waals surface area contributed by atoms with Crippen LogP contribution in [0.2, 0.25) is 0 Å². The summed E-state index contributed by atoms with van der Waals surface area (Å²) in [5.41, 5.74) is 0. The zero-order valence-corrected chi connectivity index (χ0v) is 7.63. The molecule has 70 valence electrons. The Bertz CT molecular complexity index is 169. The Hall–Kier alpha value is -0.300. The zero-order chi connectivity index (χ0) is 9.03. The van der Waals surface area contributed by atoms with Crippen molar-refractivity contribution in [1.82, 2.24) is 0 Å². The van der Waals surface area contributed by atoms with Crippen LogP contribution in [-0.2, 0) is 14.3 Å². The molecule has 1 rings (SSSR count). The number of hydroxylamine groups is 2. The molecule has 0 saturated carbocycles. The molecule has 1 aliphatic rings. The van der Waals surface area contributed by atoms with Crippen LogP contribution in [0.4, 0.5) is 0 Å². The van der Waals surface area contributed by atoms with Gasteiger partial charge in [0.25, 0.3) is 0 Å². The van der Waals surface area contributed by atoms with Gasteiger partial charge in [-0.3, -0.25) is 4.05 Å². The molecule has 0 radical (unpaired) electrons. The van der Waals surface area contributed by atoms with E-state index in [-0.39, 0.29) is 6.54 Å². The summed E-state index contributed by atoms with van der Waals surface area (Å²) < 4.78 is 8.79. The standard InChI is InChI=1S/C6H11NO4S/c1-10-6(8)4-7(9)2-3-11-5-12-7/h2-5H2,1H3. The minimum atomic E-state index is -0.591. The number of esters is 1. The number of ether oxygens (including phenoxy) is 2. The van der Waals surface area contributed by atoms with Gasteiger partial charge in [0, 0.05) is 0 Å². The molecule has 6 heteroatoms. The van der Waals surface area contributed by atoms with Gasteiger partial charge in [-0.2, -0.15) is 0 Å². The Balaban J connectivity index is 2.41. The largest absolute Gasteiger partial charge is 0.620 e. The van der Waals surface area contributed by atoms with Crippen LogP contribution in [-0.4, -0.2) is 42.8 Å². The summed E-state index contributed by atoms with van der Waals surface area (Å²) in [7, 11) is 1.28. The lowest BCUT2D eigenvalue weighted by Crippen LogP contribution is -2.45. The van der Waals surface area contributed by atoms with Crippen LogP contribution in [0.3, 0.4) is 0 Å². The lowest BCUT2D eigenvalue weighted by molar-refractivity contribution is -0.738. The van der Waals surface area contributed by atoms with Crippen LogP contribution in [0.15, 0.2) is 0 Å². The predicted octanol–water partition coefficient (Wildman–Crippen LogP) is 0.110. The van der Waals surface area contributed by atoms with Crippen molar-refractivity contribution in [2.24, 2.45) is 0 Å². The smallest absolute Gasteiger partial charge is 0.362 e. The number of carbonyl (C=O) groups excluding carboxylic acids is 1. The van der Waals surface area contributed by atoms with Crippen LogP contribution < -0.4 is 0 Å². The second-order valence-electron chi connectivity index (χ2n) is 2.43. The van der Waals surface area contributed by atoms with Gasteiger partial charge in [0.2, 0.25) is 0 Å². The minimum Gasteiger partial charge on any atom is -0.620 e. The summed E-state index contributed by atoms with van der Waals surface area (Å²) in [6, 6.07) is 0. The van der Waals surface area contributed by atoms with Crippen molar-refractivity contribution in [1.29, 1.82) is 0 Å². The lowest BCUT2D eigenvalue weighted by Gasteiger charge is -2.40. The Morgan fingerprint density at radius 3 is 3.08 bits per heavy atom. The van der Waals surface area contributed by atoms with Crippen molar-refractivity contribution in [3.05, 3.63) is 5.21 Å². The number of nitrogens with zero attached hydrogens (tertiary/aromatic N) is 1. The maximum Gasteiger partial charge on any atom is 0.362 e. The molecule has 1 aliphatic heterocycles. The van der Waals surface area contributed by atoms with E-state index < -0.39 is 10.0 Å². The number of rotatable bonds is 2. The molecular formula is C6H11NO4S. The summed E-state index contributed by atoms with van der Waals surface area (Å²) in [5.74, 6) is -0.125. The molecule has 0 aromatic heterocycles. The molecule has 1 atom stereocenters. The Kier molecular flexibility index (Phi) is 3.33. The summed E-state index contributed by atoms with van der Waals surface area (Å²) in [6.07, 6.45) is 0. The van der Waals surface area contributed by atoms with E-state index in [1.807, 2.05) is 0 Å². The first-order valence-corrected chi connectivity index (χ1v) is 4.48. The minimum absolute atomic E-state index is 0.134. The molecule has 0 aromatic carbocycles. The van der Waals surface area contributed by atoms with Gasteiger partial charge in [0.05, 0.1) is 13.7 Å². The van der Waals surface area contributed by atoms with E-state index in [0.29, 0.717) is 19.1 Å². The fraction of sp³-hybridized carbons (Fsp3) is 0.833. The van der Waals surface area contributed by atoms with E-state index >= 15 is 0 Å². The van der Waals surface area contributed by atoms with Crippen LogP contribution >= 0.6 is 11.9 Å². The second kappa shape index (κ2) is 4.08. The molecule has 1 unspecified atom stereocenters. The Morgan fingerprint density at radius 1 is 1.83 bits per heavy atom. The van der Waals surface area contributed by atoms with E-state index in [4.69, 9.17) is 4.74 Å². The van der Waals surface area contributed by atoms with Crippen molar-refractivity contribution in [3.8, 4) is 0 Å².